The zero-order chi connectivity index (χ0) is 12.4. The van der Waals surface area contributed by atoms with Crippen LogP contribution in [0.4, 0.5) is 8.78 Å². The van der Waals surface area contributed by atoms with Gasteiger partial charge in [0, 0.05) is 12.0 Å². The molecule has 2 N–H and O–H groups in total. The van der Waals surface area contributed by atoms with Gasteiger partial charge < -0.3 is 10.5 Å². The first-order valence-electron chi connectivity index (χ1n) is 5.87. The monoisotopic (exact) mass is 241 g/mol. The molecule has 0 saturated carbocycles. The summed E-state index contributed by atoms with van der Waals surface area (Å²) in [5, 5.41) is 0. The highest BCUT2D eigenvalue weighted by Crippen LogP contribution is 2.24. The lowest BCUT2D eigenvalue weighted by atomic mass is 9.92. The van der Waals surface area contributed by atoms with E-state index in [4.69, 9.17) is 10.5 Å². The van der Waals surface area contributed by atoms with E-state index in [0.717, 1.165) is 18.6 Å². The van der Waals surface area contributed by atoms with Gasteiger partial charge in [-0.25, -0.2) is 8.78 Å². The normalized spacial score (nSPS) is 26.1. The maximum Gasteiger partial charge on any atom is 0.126 e. The molecular weight excluding hydrogens is 224 g/mol. The Kier molecular flexibility index (Phi) is 3.74. The van der Waals surface area contributed by atoms with Crippen LogP contribution in [-0.2, 0) is 11.2 Å². The average Bonchev–Trinajstić information content (AvgIpc) is 2.70. The highest BCUT2D eigenvalue weighted by Gasteiger charge is 2.27. The molecule has 1 aliphatic heterocycles. The molecule has 0 bridgehead atoms. The van der Waals surface area contributed by atoms with E-state index in [-0.39, 0.29) is 18.1 Å². The fourth-order valence-electron chi connectivity index (χ4n) is 2.27. The van der Waals surface area contributed by atoms with Crippen molar-refractivity contribution in [1.82, 2.24) is 0 Å². The number of nitrogens with two attached hydrogens (primary N) is 1. The Bertz CT molecular complexity index is 397. The SMILES string of the molecule is CC1CC(C(N)Cc2cc(F)ccc2F)CO1. The van der Waals surface area contributed by atoms with Crippen LogP contribution in [0.15, 0.2) is 18.2 Å². The van der Waals surface area contributed by atoms with Crippen LogP contribution >= 0.6 is 0 Å². The molecule has 0 aromatic heterocycles. The van der Waals surface area contributed by atoms with E-state index >= 15 is 0 Å². The maximum atomic E-state index is 13.4. The molecule has 17 heavy (non-hydrogen) atoms. The van der Waals surface area contributed by atoms with Crippen molar-refractivity contribution in [3.05, 3.63) is 35.4 Å². The number of hydrogen-bond acceptors (Lipinski definition) is 2. The van der Waals surface area contributed by atoms with Gasteiger partial charge in [0.25, 0.3) is 0 Å². The van der Waals surface area contributed by atoms with Crippen LogP contribution in [0.1, 0.15) is 18.9 Å². The minimum Gasteiger partial charge on any atom is -0.378 e. The Balaban J connectivity index is 2.02. The summed E-state index contributed by atoms with van der Waals surface area (Å²) >= 11 is 0. The van der Waals surface area contributed by atoms with Crippen LogP contribution in [0.3, 0.4) is 0 Å². The van der Waals surface area contributed by atoms with E-state index in [9.17, 15) is 8.78 Å². The van der Waals surface area contributed by atoms with Gasteiger partial charge in [-0.2, -0.15) is 0 Å². The Morgan fingerprint density at radius 2 is 2.24 bits per heavy atom. The second-order valence-corrected chi connectivity index (χ2v) is 4.74. The number of benzene rings is 1. The number of rotatable bonds is 3. The lowest BCUT2D eigenvalue weighted by Crippen LogP contribution is -2.33. The van der Waals surface area contributed by atoms with E-state index < -0.39 is 11.6 Å². The maximum absolute atomic E-state index is 13.4. The number of hydrogen-bond donors (Lipinski definition) is 1. The van der Waals surface area contributed by atoms with Crippen LogP contribution in [-0.4, -0.2) is 18.8 Å². The van der Waals surface area contributed by atoms with Gasteiger partial charge in [0.15, 0.2) is 0 Å². The van der Waals surface area contributed by atoms with Gasteiger partial charge in [-0.15, -0.1) is 0 Å². The topological polar surface area (TPSA) is 35.2 Å². The Morgan fingerprint density at radius 1 is 1.47 bits per heavy atom. The highest BCUT2D eigenvalue weighted by molar-refractivity contribution is 5.20. The standard InChI is InChI=1S/C13H17F2NO/c1-8-4-10(7-17-8)13(16)6-9-5-11(14)2-3-12(9)15/h2-3,5,8,10,13H,4,6-7,16H2,1H3. The first kappa shape index (κ1) is 12.5. The second-order valence-electron chi connectivity index (χ2n) is 4.74. The van der Waals surface area contributed by atoms with Crippen molar-refractivity contribution < 1.29 is 13.5 Å². The predicted molar refractivity (Wildman–Crippen MR) is 61.6 cm³/mol. The molecule has 2 rings (SSSR count). The van der Waals surface area contributed by atoms with Crippen molar-refractivity contribution >= 4 is 0 Å². The molecule has 1 fully saturated rings. The van der Waals surface area contributed by atoms with E-state index in [1.807, 2.05) is 6.92 Å². The summed E-state index contributed by atoms with van der Waals surface area (Å²) in [6.07, 6.45) is 1.45. The quantitative estimate of drug-likeness (QED) is 0.881. The summed E-state index contributed by atoms with van der Waals surface area (Å²) in [5.74, 6) is -0.592. The molecule has 4 heteroatoms. The van der Waals surface area contributed by atoms with Crippen LogP contribution in [0.2, 0.25) is 0 Å². The first-order valence-corrected chi connectivity index (χ1v) is 5.87. The van der Waals surface area contributed by atoms with Crippen molar-refractivity contribution in [2.45, 2.75) is 31.9 Å². The molecule has 94 valence electrons. The zero-order valence-corrected chi connectivity index (χ0v) is 9.83. The molecule has 3 atom stereocenters. The first-order chi connectivity index (χ1) is 8.06. The third kappa shape index (κ3) is 3.01. The van der Waals surface area contributed by atoms with E-state index in [0.29, 0.717) is 18.6 Å². The minimum absolute atomic E-state index is 0.184. The molecule has 1 saturated heterocycles. The third-order valence-electron chi connectivity index (χ3n) is 3.30. The van der Waals surface area contributed by atoms with Gasteiger partial charge in [-0.3, -0.25) is 0 Å². The largest absolute Gasteiger partial charge is 0.378 e. The van der Waals surface area contributed by atoms with Crippen molar-refractivity contribution in [3.8, 4) is 0 Å². The zero-order valence-electron chi connectivity index (χ0n) is 9.83. The molecule has 1 aromatic carbocycles. The van der Waals surface area contributed by atoms with Gasteiger partial charge in [0.1, 0.15) is 11.6 Å². The van der Waals surface area contributed by atoms with E-state index in [1.165, 1.54) is 6.07 Å². The molecule has 0 spiro atoms. The van der Waals surface area contributed by atoms with Gasteiger partial charge >= 0.3 is 0 Å². The van der Waals surface area contributed by atoms with Gasteiger partial charge in [-0.05, 0) is 43.5 Å². The summed E-state index contributed by atoms with van der Waals surface area (Å²) in [6, 6.07) is 3.29. The van der Waals surface area contributed by atoms with Crippen LogP contribution in [0.25, 0.3) is 0 Å². The molecule has 0 radical (unpaired) electrons. The molecule has 1 aliphatic rings. The molecule has 0 aliphatic carbocycles. The lowest BCUT2D eigenvalue weighted by Gasteiger charge is -2.18. The van der Waals surface area contributed by atoms with Crippen LogP contribution in [0, 0.1) is 17.6 Å². The van der Waals surface area contributed by atoms with Gasteiger partial charge in [-0.1, -0.05) is 0 Å². The fraction of sp³-hybridized carbons (Fsp3) is 0.538. The number of ether oxygens (including phenoxy) is 1. The van der Waals surface area contributed by atoms with Crippen molar-refractivity contribution in [2.75, 3.05) is 6.61 Å². The summed E-state index contributed by atoms with van der Waals surface area (Å²) in [6.45, 7) is 2.61. The number of halogens is 2. The molecule has 3 unspecified atom stereocenters. The highest BCUT2D eigenvalue weighted by atomic mass is 19.1. The van der Waals surface area contributed by atoms with Gasteiger partial charge in [0.05, 0.1) is 12.7 Å². The fourth-order valence-corrected chi connectivity index (χ4v) is 2.27. The lowest BCUT2D eigenvalue weighted by molar-refractivity contribution is 0.118. The van der Waals surface area contributed by atoms with Crippen molar-refractivity contribution in [3.63, 3.8) is 0 Å². The van der Waals surface area contributed by atoms with E-state index in [2.05, 4.69) is 0 Å². The van der Waals surface area contributed by atoms with Gasteiger partial charge in [0.2, 0.25) is 0 Å². The summed E-state index contributed by atoms with van der Waals surface area (Å²) in [5.41, 5.74) is 6.37. The summed E-state index contributed by atoms with van der Waals surface area (Å²) < 4.78 is 31.9. The molecular formula is C13H17F2NO. The van der Waals surface area contributed by atoms with Crippen molar-refractivity contribution in [2.24, 2.45) is 11.7 Å². The Morgan fingerprint density at radius 3 is 2.88 bits per heavy atom. The minimum atomic E-state index is -0.426. The molecule has 2 nitrogen and oxygen atoms in total. The predicted octanol–water partition coefficient (Wildman–Crippen LogP) is 2.26. The smallest absolute Gasteiger partial charge is 0.126 e. The molecule has 1 heterocycles. The second kappa shape index (κ2) is 5.10. The summed E-state index contributed by atoms with van der Waals surface area (Å²) in [7, 11) is 0. The van der Waals surface area contributed by atoms with Crippen LogP contribution in [0.5, 0.6) is 0 Å². The van der Waals surface area contributed by atoms with Crippen molar-refractivity contribution in [1.29, 1.82) is 0 Å². The Labute approximate surface area is 99.8 Å². The average molecular weight is 241 g/mol. The molecule has 0 amide bonds. The van der Waals surface area contributed by atoms with Crippen LogP contribution < -0.4 is 5.73 Å². The van der Waals surface area contributed by atoms with E-state index in [1.54, 1.807) is 0 Å². The summed E-state index contributed by atoms with van der Waals surface area (Å²) in [4.78, 5) is 0. The Hall–Kier alpha value is -1.00. The molecule has 1 aromatic rings. The third-order valence-corrected chi connectivity index (χ3v) is 3.30.